The van der Waals surface area contributed by atoms with Crippen LogP contribution in [0.5, 0.6) is 0 Å². The normalized spacial score (nSPS) is 17.9. The van der Waals surface area contributed by atoms with Gasteiger partial charge in [0.2, 0.25) is 21.8 Å². The van der Waals surface area contributed by atoms with E-state index >= 15 is 0 Å². The van der Waals surface area contributed by atoms with Crippen LogP contribution in [0.15, 0.2) is 42.6 Å². The van der Waals surface area contributed by atoms with E-state index in [9.17, 15) is 18.0 Å². The Hall–Kier alpha value is -2.72. The Morgan fingerprint density at radius 2 is 1.88 bits per heavy atom. The van der Waals surface area contributed by atoms with Crippen LogP contribution < -0.4 is 10.6 Å². The third kappa shape index (κ3) is 6.89. The molecular weight excluding hydrogens is 454 g/mol. The van der Waals surface area contributed by atoms with Gasteiger partial charge in [-0.15, -0.1) is 0 Å². The molecule has 2 unspecified atom stereocenters. The van der Waals surface area contributed by atoms with Crippen molar-refractivity contribution < 1.29 is 18.0 Å². The average molecular weight is 490 g/mol. The van der Waals surface area contributed by atoms with E-state index in [1.54, 1.807) is 42.2 Å². The number of piperidine rings is 1. The van der Waals surface area contributed by atoms with Gasteiger partial charge < -0.3 is 10.6 Å². The Morgan fingerprint density at radius 3 is 2.53 bits per heavy atom. The van der Waals surface area contributed by atoms with Gasteiger partial charge in [-0.05, 0) is 36.8 Å². The SMILES string of the molecule is CC(C)CC(NC(=O)C1CCCCN1S(=O)(=O)Cc1ccccc1)C(=O)NCc1ccnn1C. The molecule has 2 aromatic rings. The quantitative estimate of drug-likeness (QED) is 0.530. The van der Waals surface area contributed by atoms with E-state index in [-0.39, 0.29) is 17.6 Å². The Kier molecular flexibility index (Phi) is 8.84. The number of rotatable bonds is 10. The van der Waals surface area contributed by atoms with Crippen molar-refractivity contribution in [1.82, 2.24) is 24.7 Å². The first-order chi connectivity index (χ1) is 16.2. The molecule has 1 fully saturated rings. The molecule has 2 atom stereocenters. The summed E-state index contributed by atoms with van der Waals surface area (Å²) in [5, 5.41) is 9.81. The van der Waals surface area contributed by atoms with Gasteiger partial charge >= 0.3 is 0 Å². The van der Waals surface area contributed by atoms with Crippen LogP contribution >= 0.6 is 0 Å². The molecule has 1 aromatic carbocycles. The average Bonchev–Trinajstić information content (AvgIpc) is 3.21. The van der Waals surface area contributed by atoms with Gasteiger partial charge in [-0.1, -0.05) is 50.6 Å². The summed E-state index contributed by atoms with van der Waals surface area (Å²) in [6.07, 6.45) is 4.01. The van der Waals surface area contributed by atoms with Crippen LogP contribution in [0.2, 0.25) is 0 Å². The van der Waals surface area contributed by atoms with Crippen LogP contribution in [0.3, 0.4) is 0 Å². The largest absolute Gasteiger partial charge is 0.349 e. The minimum atomic E-state index is -3.69. The zero-order valence-corrected chi connectivity index (χ0v) is 20.9. The van der Waals surface area contributed by atoms with Gasteiger partial charge in [0, 0.05) is 19.8 Å². The number of carbonyl (C=O) groups is 2. The van der Waals surface area contributed by atoms with Gasteiger partial charge in [0.05, 0.1) is 18.0 Å². The van der Waals surface area contributed by atoms with Gasteiger partial charge in [-0.2, -0.15) is 9.40 Å². The highest BCUT2D eigenvalue weighted by Gasteiger charge is 2.38. The summed E-state index contributed by atoms with van der Waals surface area (Å²) in [7, 11) is -1.90. The zero-order chi connectivity index (χ0) is 24.7. The Labute approximate surface area is 202 Å². The summed E-state index contributed by atoms with van der Waals surface area (Å²) in [5.74, 6) is -0.703. The van der Waals surface area contributed by atoms with Crippen molar-refractivity contribution in [1.29, 1.82) is 0 Å². The van der Waals surface area contributed by atoms with Crippen LogP contribution in [-0.4, -0.2) is 52.9 Å². The van der Waals surface area contributed by atoms with Gasteiger partial charge in [0.1, 0.15) is 12.1 Å². The van der Waals surface area contributed by atoms with Gasteiger partial charge in [-0.3, -0.25) is 14.3 Å². The molecule has 0 radical (unpaired) electrons. The molecule has 10 heteroatoms. The molecule has 2 heterocycles. The Morgan fingerprint density at radius 1 is 1.15 bits per heavy atom. The summed E-state index contributed by atoms with van der Waals surface area (Å²) in [4.78, 5) is 26.2. The van der Waals surface area contributed by atoms with E-state index in [4.69, 9.17) is 0 Å². The minimum Gasteiger partial charge on any atom is -0.349 e. The van der Waals surface area contributed by atoms with E-state index < -0.39 is 28.0 Å². The molecule has 0 bridgehead atoms. The summed E-state index contributed by atoms with van der Waals surface area (Å²) < 4.78 is 29.4. The van der Waals surface area contributed by atoms with Crippen LogP contribution in [0.25, 0.3) is 0 Å². The molecule has 3 rings (SSSR count). The summed E-state index contributed by atoms with van der Waals surface area (Å²) >= 11 is 0. The first-order valence-electron chi connectivity index (χ1n) is 11.8. The molecule has 9 nitrogen and oxygen atoms in total. The van der Waals surface area contributed by atoms with Crippen molar-refractivity contribution in [3.63, 3.8) is 0 Å². The fraction of sp³-hybridized carbons (Fsp3) is 0.542. The number of nitrogens with one attached hydrogen (secondary N) is 2. The second-order valence-electron chi connectivity index (χ2n) is 9.22. The standard InChI is InChI=1S/C24H35N5O4S/c1-18(2)15-21(23(30)25-16-20-12-13-26-28(20)3)27-24(31)22-11-7-8-14-29(22)34(32,33)17-19-9-5-4-6-10-19/h4-6,9-10,12-13,18,21-22H,7-8,11,14-17H2,1-3H3,(H,25,30)(H,27,31). The lowest BCUT2D eigenvalue weighted by molar-refractivity contribution is -0.132. The molecule has 2 N–H and O–H groups in total. The Balaban J connectivity index is 1.70. The van der Waals surface area contributed by atoms with E-state index in [2.05, 4.69) is 15.7 Å². The second kappa shape index (κ2) is 11.6. The first-order valence-corrected chi connectivity index (χ1v) is 13.4. The third-order valence-electron chi connectivity index (χ3n) is 6.01. The molecule has 2 amide bonds. The van der Waals surface area contributed by atoms with E-state index in [0.29, 0.717) is 37.9 Å². The molecule has 0 spiro atoms. The molecule has 1 aliphatic rings. The highest BCUT2D eigenvalue weighted by atomic mass is 32.2. The molecule has 186 valence electrons. The predicted molar refractivity (Wildman–Crippen MR) is 130 cm³/mol. The second-order valence-corrected chi connectivity index (χ2v) is 11.1. The topological polar surface area (TPSA) is 113 Å². The van der Waals surface area contributed by atoms with E-state index in [0.717, 1.165) is 12.1 Å². The lowest BCUT2D eigenvalue weighted by atomic mass is 10.0. The van der Waals surface area contributed by atoms with Gasteiger partial charge in [0.15, 0.2) is 0 Å². The van der Waals surface area contributed by atoms with Crippen LogP contribution in [0, 0.1) is 5.92 Å². The number of hydrogen-bond donors (Lipinski definition) is 2. The molecule has 1 aliphatic heterocycles. The van der Waals surface area contributed by atoms with E-state index in [1.807, 2.05) is 26.0 Å². The van der Waals surface area contributed by atoms with E-state index in [1.165, 1.54) is 4.31 Å². The van der Waals surface area contributed by atoms with Crippen molar-refractivity contribution in [2.45, 2.75) is 63.9 Å². The molecule has 1 aromatic heterocycles. The van der Waals surface area contributed by atoms with Crippen molar-refractivity contribution >= 4 is 21.8 Å². The smallest absolute Gasteiger partial charge is 0.242 e. The lowest BCUT2D eigenvalue weighted by Gasteiger charge is -2.34. The molecular formula is C24H35N5O4S. The summed E-state index contributed by atoms with van der Waals surface area (Å²) in [6, 6.07) is 9.21. The summed E-state index contributed by atoms with van der Waals surface area (Å²) in [6.45, 7) is 4.55. The predicted octanol–water partition coefficient (Wildman–Crippen LogP) is 1.95. The number of carbonyl (C=O) groups excluding carboxylic acids is 2. The number of amides is 2. The number of sulfonamides is 1. The molecule has 0 saturated carbocycles. The fourth-order valence-corrected chi connectivity index (χ4v) is 5.99. The number of hydrogen-bond acceptors (Lipinski definition) is 5. The minimum absolute atomic E-state index is 0.155. The summed E-state index contributed by atoms with van der Waals surface area (Å²) in [5.41, 5.74) is 1.52. The third-order valence-corrected chi connectivity index (χ3v) is 7.86. The number of benzene rings is 1. The molecule has 34 heavy (non-hydrogen) atoms. The zero-order valence-electron chi connectivity index (χ0n) is 20.1. The van der Waals surface area contributed by atoms with Crippen molar-refractivity contribution in [2.75, 3.05) is 6.54 Å². The van der Waals surface area contributed by atoms with Crippen molar-refractivity contribution in [3.8, 4) is 0 Å². The lowest BCUT2D eigenvalue weighted by Crippen LogP contribution is -2.56. The van der Waals surface area contributed by atoms with Crippen molar-refractivity contribution in [2.24, 2.45) is 13.0 Å². The van der Waals surface area contributed by atoms with Gasteiger partial charge in [-0.25, -0.2) is 8.42 Å². The maximum absolute atomic E-state index is 13.3. The highest BCUT2D eigenvalue weighted by Crippen LogP contribution is 2.23. The maximum atomic E-state index is 13.3. The fourth-order valence-electron chi connectivity index (χ4n) is 4.21. The molecule has 0 aliphatic carbocycles. The van der Waals surface area contributed by atoms with Gasteiger partial charge in [0.25, 0.3) is 0 Å². The Bertz CT molecular complexity index is 1070. The first kappa shape index (κ1) is 25.9. The monoisotopic (exact) mass is 489 g/mol. The molecule has 1 saturated heterocycles. The highest BCUT2D eigenvalue weighted by molar-refractivity contribution is 7.88. The van der Waals surface area contributed by atoms with Crippen LogP contribution in [-0.2, 0) is 39.0 Å². The number of aromatic nitrogens is 2. The maximum Gasteiger partial charge on any atom is 0.242 e. The number of aryl methyl sites for hydroxylation is 1. The van der Waals surface area contributed by atoms with Crippen molar-refractivity contribution in [3.05, 3.63) is 53.9 Å². The number of nitrogens with zero attached hydrogens (tertiary/aromatic N) is 3. The van der Waals surface area contributed by atoms with Crippen LogP contribution in [0.1, 0.15) is 50.8 Å². The van der Waals surface area contributed by atoms with Crippen LogP contribution in [0.4, 0.5) is 0 Å².